The van der Waals surface area contributed by atoms with Crippen molar-refractivity contribution in [2.24, 2.45) is 28.6 Å². The normalized spacial score (nSPS) is 34.8. The second-order valence-electron chi connectivity index (χ2n) is 9.98. The molecule has 1 aromatic rings. The molecule has 2 bridgehead atoms. The highest BCUT2D eigenvalue weighted by Crippen LogP contribution is 2.68. The van der Waals surface area contributed by atoms with Gasteiger partial charge in [-0.2, -0.15) is 0 Å². The van der Waals surface area contributed by atoms with Crippen LogP contribution >= 0.6 is 0 Å². The lowest BCUT2D eigenvalue weighted by Gasteiger charge is -2.53. The Morgan fingerprint density at radius 1 is 1.34 bits per heavy atom. The van der Waals surface area contributed by atoms with E-state index in [-0.39, 0.29) is 40.7 Å². The van der Waals surface area contributed by atoms with E-state index < -0.39 is 0 Å². The minimum absolute atomic E-state index is 0.0119. The Balaban J connectivity index is 1.44. The molecule has 1 aliphatic heterocycles. The SMILES string of the molecule is CC(C)C(=O)N[C@H]1C(C)(C)[C@@H]2C[C@@H]3[C@@H](CCNC(=O)c4ccon4)OCCC31C2. The minimum atomic E-state index is -0.222. The van der Waals surface area contributed by atoms with Gasteiger partial charge < -0.3 is 19.9 Å². The van der Waals surface area contributed by atoms with Crippen molar-refractivity contribution < 1.29 is 18.8 Å². The highest BCUT2D eigenvalue weighted by molar-refractivity contribution is 5.91. The van der Waals surface area contributed by atoms with E-state index in [1.54, 1.807) is 6.07 Å². The number of carbonyl (C=O) groups is 2. The van der Waals surface area contributed by atoms with Crippen molar-refractivity contribution in [2.75, 3.05) is 13.2 Å². The van der Waals surface area contributed by atoms with Gasteiger partial charge in [0.25, 0.3) is 5.91 Å². The predicted molar refractivity (Wildman–Crippen MR) is 107 cm³/mol. The Bertz CT molecular complexity index is 760. The lowest BCUT2D eigenvalue weighted by Crippen LogP contribution is -2.60. The van der Waals surface area contributed by atoms with Crippen molar-refractivity contribution in [3.05, 3.63) is 18.0 Å². The lowest BCUT2D eigenvalue weighted by molar-refractivity contribution is -0.138. The largest absolute Gasteiger partial charge is 0.378 e. The van der Waals surface area contributed by atoms with E-state index in [1.165, 1.54) is 12.7 Å². The van der Waals surface area contributed by atoms with E-state index in [0.717, 1.165) is 25.9 Å². The molecule has 4 rings (SSSR count). The van der Waals surface area contributed by atoms with Crippen LogP contribution in [0.1, 0.15) is 63.9 Å². The smallest absolute Gasteiger partial charge is 0.273 e. The zero-order chi connectivity index (χ0) is 20.8. The molecule has 3 fully saturated rings. The topological polar surface area (TPSA) is 93.5 Å². The van der Waals surface area contributed by atoms with Crippen LogP contribution in [0, 0.1) is 28.6 Å². The highest BCUT2D eigenvalue weighted by Gasteiger charge is 2.68. The Kier molecular flexibility index (Phi) is 5.21. The highest BCUT2D eigenvalue weighted by atomic mass is 16.5. The van der Waals surface area contributed by atoms with E-state index >= 15 is 0 Å². The Morgan fingerprint density at radius 3 is 2.83 bits per heavy atom. The molecule has 7 nitrogen and oxygen atoms in total. The zero-order valence-electron chi connectivity index (χ0n) is 17.9. The number of hydrogen-bond donors (Lipinski definition) is 2. The third-order valence-corrected chi connectivity index (χ3v) is 7.82. The fraction of sp³-hybridized carbons (Fsp3) is 0.773. The molecule has 5 atom stereocenters. The summed E-state index contributed by atoms with van der Waals surface area (Å²) in [5.41, 5.74) is 0.506. The Hall–Kier alpha value is -1.89. The van der Waals surface area contributed by atoms with Crippen molar-refractivity contribution in [3.8, 4) is 0 Å². The van der Waals surface area contributed by atoms with Crippen molar-refractivity contribution in [1.29, 1.82) is 0 Å². The molecular formula is C22H33N3O4. The van der Waals surface area contributed by atoms with Crippen LogP contribution in [0.25, 0.3) is 0 Å². The van der Waals surface area contributed by atoms with E-state index in [2.05, 4.69) is 29.6 Å². The summed E-state index contributed by atoms with van der Waals surface area (Å²) in [7, 11) is 0. The van der Waals surface area contributed by atoms with Crippen molar-refractivity contribution >= 4 is 11.8 Å². The van der Waals surface area contributed by atoms with Crippen molar-refractivity contribution in [3.63, 3.8) is 0 Å². The van der Waals surface area contributed by atoms with E-state index in [0.29, 0.717) is 24.1 Å². The fourth-order valence-corrected chi connectivity index (χ4v) is 6.25. The van der Waals surface area contributed by atoms with Gasteiger partial charge in [-0.25, -0.2) is 0 Å². The molecule has 29 heavy (non-hydrogen) atoms. The van der Waals surface area contributed by atoms with Gasteiger partial charge in [0.2, 0.25) is 5.91 Å². The average Bonchev–Trinajstić information content (AvgIpc) is 3.37. The summed E-state index contributed by atoms with van der Waals surface area (Å²) < 4.78 is 10.9. The number of nitrogens with zero attached hydrogens (tertiary/aromatic N) is 1. The van der Waals surface area contributed by atoms with Gasteiger partial charge in [-0.1, -0.05) is 32.9 Å². The number of amides is 2. The predicted octanol–water partition coefficient (Wildman–Crippen LogP) is 2.78. The van der Waals surface area contributed by atoms with Crippen LogP contribution in [-0.2, 0) is 9.53 Å². The number of carbonyl (C=O) groups excluding carboxylic acids is 2. The molecule has 1 unspecified atom stereocenters. The molecule has 2 amide bonds. The summed E-state index contributed by atoms with van der Waals surface area (Å²) in [5.74, 6) is 0.934. The first kappa shape index (κ1) is 20.4. The van der Waals surface area contributed by atoms with Crippen LogP contribution in [0.5, 0.6) is 0 Å². The average molecular weight is 404 g/mol. The molecule has 1 aromatic heterocycles. The molecule has 0 radical (unpaired) electrons. The number of hydrogen-bond acceptors (Lipinski definition) is 5. The number of aromatic nitrogens is 1. The fourth-order valence-electron chi connectivity index (χ4n) is 6.25. The zero-order valence-corrected chi connectivity index (χ0v) is 17.9. The molecule has 7 heteroatoms. The molecule has 3 aliphatic rings. The Morgan fingerprint density at radius 2 is 2.14 bits per heavy atom. The van der Waals surface area contributed by atoms with Crippen LogP contribution in [0.2, 0.25) is 0 Å². The van der Waals surface area contributed by atoms with Gasteiger partial charge in [-0.15, -0.1) is 0 Å². The maximum Gasteiger partial charge on any atom is 0.273 e. The van der Waals surface area contributed by atoms with Gasteiger partial charge in [0.1, 0.15) is 6.26 Å². The monoisotopic (exact) mass is 403 g/mol. The number of rotatable bonds is 6. The van der Waals surface area contributed by atoms with Crippen LogP contribution in [0.15, 0.2) is 16.9 Å². The summed E-state index contributed by atoms with van der Waals surface area (Å²) in [6.45, 7) is 9.80. The van der Waals surface area contributed by atoms with Crippen molar-refractivity contribution in [1.82, 2.24) is 15.8 Å². The van der Waals surface area contributed by atoms with Crippen LogP contribution in [-0.4, -0.2) is 42.3 Å². The first-order valence-corrected chi connectivity index (χ1v) is 10.9. The second-order valence-corrected chi connectivity index (χ2v) is 9.98. The quantitative estimate of drug-likeness (QED) is 0.762. The van der Waals surface area contributed by atoms with Gasteiger partial charge in [-0.3, -0.25) is 9.59 Å². The second kappa shape index (κ2) is 7.42. The van der Waals surface area contributed by atoms with Gasteiger partial charge in [0.15, 0.2) is 5.69 Å². The first-order valence-electron chi connectivity index (χ1n) is 10.9. The Labute approximate surface area is 172 Å². The van der Waals surface area contributed by atoms with Crippen LogP contribution in [0.4, 0.5) is 0 Å². The molecule has 160 valence electrons. The molecule has 0 aromatic carbocycles. The molecule has 2 heterocycles. The summed E-state index contributed by atoms with van der Waals surface area (Å²) in [4.78, 5) is 24.7. The maximum atomic E-state index is 12.6. The molecule has 2 N–H and O–H groups in total. The van der Waals surface area contributed by atoms with Gasteiger partial charge >= 0.3 is 0 Å². The molecule has 2 aliphatic carbocycles. The summed E-state index contributed by atoms with van der Waals surface area (Å²) in [6.07, 6.45) is 5.59. The molecule has 1 saturated heterocycles. The van der Waals surface area contributed by atoms with E-state index in [4.69, 9.17) is 9.26 Å². The van der Waals surface area contributed by atoms with Gasteiger partial charge in [0, 0.05) is 31.2 Å². The maximum absolute atomic E-state index is 12.6. The molecule has 1 spiro atoms. The van der Waals surface area contributed by atoms with Gasteiger partial charge in [-0.05, 0) is 48.3 Å². The summed E-state index contributed by atoms with van der Waals surface area (Å²) in [5, 5.41) is 10.0. The third-order valence-electron chi connectivity index (χ3n) is 7.82. The summed E-state index contributed by atoms with van der Waals surface area (Å²) >= 11 is 0. The summed E-state index contributed by atoms with van der Waals surface area (Å²) in [6, 6.07) is 1.74. The van der Waals surface area contributed by atoms with E-state index in [1.807, 2.05) is 13.8 Å². The third kappa shape index (κ3) is 3.37. The number of fused-ring (bicyclic) bond motifs is 1. The minimum Gasteiger partial charge on any atom is -0.378 e. The van der Waals surface area contributed by atoms with Crippen LogP contribution in [0.3, 0.4) is 0 Å². The van der Waals surface area contributed by atoms with Crippen molar-refractivity contribution in [2.45, 2.75) is 65.5 Å². The first-order chi connectivity index (χ1) is 13.8. The van der Waals surface area contributed by atoms with E-state index in [9.17, 15) is 9.59 Å². The molecule has 2 saturated carbocycles. The number of nitrogens with one attached hydrogen (secondary N) is 2. The van der Waals surface area contributed by atoms with Gasteiger partial charge in [0.05, 0.1) is 6.10 Å². The van der Waals surface area contributed by atoms with Crippen LogP contribution < -0.4 is 10.6 Å². The molecular weight excluding hydrogens is 370 g/mol. The lowest BCUT2D eigenvalue weighted by atomic mass is 9.59. The number of ether oxygens (including phenoxy) is 1. The standard InChI is InChI=1S/C22H33N3O4/c1-13(2)18(26)24-20-21(3,4)14-11-15-17(28-10-7-22(15,20)12-14)5-8-23-19(27)16-6-9-29-25-16/h6,9,13-15,17,20H,5,7-8,10-12H2,1-4H3,(H,23,27)(H,24,26)/t14-,15-,17-,20+,22?/m1/s1.